The Balaban J connectivity index is 2.10. The van der Waals surface area contributed by atoms with Crippen LogP contribution in [0.2, 0.25) is 0 Å². The number of hydrogen-bond donors (Lipinski definition) is 0. The third-order valence-electron chi connectivity index (χ3n) is 3.38. The maximum atomic E-state index is 6.64. The van der Waals surface area contributed by atoms with Crippen LogP contribution in [0.4, 0.5) is 0 Å². The quantitative estimate of drug-likeness (QED) is 0.562. The van der Waals surface area contributed by atoms with Crippen molar-refractivity contribution < 1.29 is 0 Å². The molecule has 0 aliphatic carbocycles. The highest BCUT2D eigenvalue weighted by Crippen LogP contribution is 2.52. The van der Waals surface area contributed by atoms with Crippen LogP contribution >= 0.6 is 7.14 Å². The average Bonchev–Trinajstić information content (AvgIpc) is 2.49. The van der Waals surface area contributed by atoms with Crippen LogP contribution in [0.25, 0.3) is 6.08 Å². The molecule has 2 rings (SSSR count). The molecule has 2 heteroatoms. The van der Waals surface area contributed by atoms with E-state index >= 15 is 0 Å². The molecule has 19 heavy (non-hydrogen) atoms. The van der Waals surface area contributed by atoms with Crippen molar-refractivity contribution in [3.8, 4) is 0 Å². The van der Waals surface area contributed by atoms with Crippen LogP contribution < -0.4 is 5.30 Å². The summed E-state index contributed by atoms with van der Waals surface area (Å²) in [6, 6.07) is 20.9. The molecular weight excluding hydrogens is 246 g/mol. The SMILES string of the molecule is [B][P+](CC)(C/C=C/c1ccccc1)c1ccccc1. The van der Waals surface area contributed by atoms with Gasteiger partial charge in [-0.25, -0.2) is 0 Å². The second-order valence-electron chi connectivity index (χ2n) is 4.68. The van der Waals surface area contributed by atoms with Gasteiger partial charge in [-0.05, 0) is 37.8 Å². The zero-order valence-electron chi connectivity index (χ0n) is 11.4. The molecule has 2 aromatic carbocycles. The fourth-order valence-corrected chi connectivity index (χ4v) is 4.16. The molecule has 0 saturated heterocycles. The number of hydrogen-bond acceptors (Lipinski definition) is 0. The van der Waals surface area contributed by atoms with Crippen molar-refractivity contribution >= 4 is 26.1 Å². The Morgan fingerprint density at radius 3 is 2.11 bits per heavy atom. The van der Waals surface area contributed by atoms with Gasteiger partial charge in [-0.1, -0.05) is 54.6 Å². The second kappa shape index (κ2) is 6.73. The molecule has 0 amide bonds. The first-order valence-corrected chi connectivity index (χ1v) is 8.90. The molecule has 0 nitrogen and oxygen atoms in total. The summed E-state index contributed by atoms with van der Waals surface area (Å²) in [7, 11) is 5.12. The van der Waals surface area contributed by atoms with Crippen LogP contribution in [0, 0.1) is 0 Å². The first-order chi connectivity index (χ1) is 9.24. The third kappa shape index (κ3) is 3.82. The lowest BCUT2D eigenvalue weighted by atomic mass is 10.2. The topological polar surface area (TPSA) is 0 Å². The Bertz CT molecular complexity index is 521. The molecule has 0 aromatic heterocycles. The van der Waals surface area contributed by atoms with Gasteiger partial charge in [-0.3, -0.25) is 0 Å². The number of allylic oxidation sites excluding steroid dienone is 1. The Labute approximate surface area is 118 Å². The van der Waals surface area contributed by atoms with Gasteiger partial charge in [0.15, 0.2) is 0 Å². The van der Waals surface area contributed by atoms with Crippen molar-refractivity contribution in [2.24, 2.45) is 0 Å². The molecule has 2 aromatic rings. The summed E-state index contributed by atoms with van der Waals surface area (Å²) in [4.78, 5) is 0. The summed E-state index contributed by atoms with van der Waals surface area (Å²) in [5, 5.41) is 1.32. The molecule has 94 valence electrons. The largest absolute Gasteiger partial charge is 0.371 e. The van der Waals surface area contributed by atoms with E-state index in [1.165, 1.54) is 10.9 Å². The van der Waals surface area contributed by atoms with Crippen molar-refractivity contribution in [1.82, 2.24) is 0 Å². The van der Waals surface area contributed by atoms with E-state index in [4.69, 9.17) is 7.57 Å². The van der Waals surface area contributed by atoms with Crippen molar-refractivity contribution in [2.75, 3.05) is 12.3 Å². The second-order valence-corrected chi connectivity index (χ2v) is 8.26. The summed E-state index contributed by atoms with van der Waals surface area (Å²) in [5.74, 6) is 0. The zero-order valence-corrected chi connectivity index (χ0v) is 12.3. The molecule has 0 fully saturated rings. The smallest absolute Gasteiger partial charge is 0.0622 e. The van der Waals surface area contributed by atoms with Gasteiger partial charge in [0.25, 0.3) is 0 Å². The van der Waals surface area contributed by atoms with Gasteiger partial charge in [0.1, 0.15) is 0 Å². The van der Waals surface area contributed by atoms with Gasteiger partial charge in [0.2, 0.25) is 0 Å². The fraction of sp³-hybridized carbons (Fsp3) is 0.176. The lowest BCUT2D eigenvalue weighted by molar-refractivity contribution is 1.47. The van der Waals surface area contributed by atoms with Gasteiger partial charge < -0.3 is 0 Å². The molecule has 0 heterocycles. The Morgan fingerprint density at radius 2 is 1.53 bits per heavy atom. The van der Waals surface area contributed by atoms with Crippen LogP contribution in [0.5, 0.6) is 0 Å². The molecular formula is C17H19BP+. The predicted molar refractivity (Wildman–Crippen MR) is 89.6 cm³/mol. The molecule has 0 spiro atoms. The van der Waals surface area contributed by atoms with Gasteiger partial charge in [0.05, 0.1) is 11.5 Å². The van der Waals surface area contributed by atoms with E-state index < -0.39 is 7.14 Å². The van der Waals surface area contributed by atoms with Crippen molar-refractivity contribution in [2.45, 2.75) is 6.92 Å². The summed E-state index contributed by atoms with van der Waals surface area (Å²) in [6.45, 7) is 2.19. The van der Waals surface area contributed by atoms with E-state index in [9.17, 15) is 0 Å². The lowest BCUT2D eigenvalue weighted by Gasteiger charge is -2.20. The van der Waals surface area contributed by atoms with Gasteiger partial charge in [-0.15, -0.1) is 0 Å². The maximum absolute atomic E-state index is 6.64. The minimum absolute atomic E-state index is 0.961. The van der Waals surface area contributed by atoms with Crippen LogP contribution in [0.15, 0.2) is 66.7 Å². The van der Waals surface area contributed by atoms with Crippen LogP contribution in [-0.4, -0.2) is 19.9 Å². The first kappa shape index (κ1) is 14.1. The molecule has 0 aliphatic rings. The highest BCUT2D eigenvalue weighted by atomic mass is 31.2. The number of rotatable bonds is 5. The average molecular weight is 265 g/mol. The van der Waals surface area contributed by atoms with Crippen LogP contribution in [-0.2, 0) is 0 Å². The van der Waals surface area contributed by atoms with E-state index in [2.05, 4.69) is 67.6 Å². The predicted octanol–water partition coefficient (Wildman–Crippen LogP) is 4.15. The standard InChI is InChI=1S/C17H19BP/c1-2-19(18,17-13-7-4-8-14-17)15-9-12-16-10-5-3-6-11-16/h3-14H,2,15H2,1H3/q+1/b12-9+. The van der Waals surface area contributed by atoms with E-state index in [0.29, 0.717) is 0 Å². The molecule has 0 aliphatic heterocycles. The van der Waals surface area contributed by atoms with E-state index in [0.717, 1.165) is 12.3 Å². The summed E-state index contributed by atoms with van der Waals surface area (Å²) < 4.78 is 0. The molecule has 1 unspecified atom stereocenters. The molecule has 2 radical (unpaired) electrons. The van der Waals surface area contributed by atoms with Crippen LogP contribution in [0.1, 0.15) is 12.5 Å². The molecule has 0 saturated carbocycles. The highest BCUT2D eigenvalue weighted by molar-refractivity contribution is 8.03. The monoisotopic (exact) mass is 265 g/mol. The molecule has 1 atom stereocenters. The van der Waals surface area contributed by atoms with Crippen molar-refractivity contribution in [3.63, 3.8) is 0 Å². The van der Waals surface area contributed by atoms with Gasteiger partial charge in [0, 0.05) is 6.16 Å². The normalized spacial score (nSPS) is 14.4. The summed E-state index contributed by atoms with van der Waals surface area (Å²) in [5.41, 5.74) is 1.23. The lowest BCUT2D eigenvalue weighted by Crippen LogP contribution is -2.15. The Hall–Kier alpha value is -1.33. The minimum atomic E-state index is -1.53. The zero-order chi connectivity index (χ0) is 13.6. The summed E-state index contributed by atoms with van der Waals surface area (Å²) >= 11 is 0. The highest BCUT2D eigenvalue weighted by Gasteiger charge is 2.30. The van der Waals surface area contributed by atoms with E-state index in [-0.39, 0.29) is 0 Å². The third-order valence-corrected chi connectivity index (χ3v) is 6.69. The van der Waals surface area contributed by atoms with E-state index in [1.54, 1.807) is 0 Å². The molecule has 0 N–H and O–H groups in total. The first-order valence-electron chi connectivity index (χ1n) is 6.67. The van der Waals surface area contributed by atoms with Crippen LogP contribution in [0.3, 0.4) is 0 Å². The van der Waals surface area contributed by atoms with Crippen molar-refractivity contribution in [3.05, 3.63) is 72.3 Å². The maximum Gasteiger partial charge on any atom is 0.371 e. The molecule has 0 bridgehead atoms. The Morgan fingerprint density at radius 1 is 0.947 bits per heavy atom. The minimum Gasteiger partial charge on any atom is -0.0622 e. The summed E-state index contributed by atoms with van der Waals surface area (Å²) in [6.07, 6.45) is 6.39. The van der Waals surface area contributed by atoms with Gasteiger partial charge >= 0.3 is 7.57 Å². The van der Waals surface area contributed by atoms with E-state index in [1.807, 2.05) is 12.1 Å². The van der Waals surface area contributed by atoms with Gasteiger partial charge in [-0.2, -0.15) is 0 Å². The number of benzene rings is 2. The fourth-order valence-electron chi connectivity index (χ4n) is 2.08. The van der Waals surface area contributed by atoms with Crippen molar-refractivity contribution in [1.29, 1.82) is 0 Å². The Kier molecular flexibility index (Phi) is 4.99.